The third-order valence-electron chi connectivity index (χ3n) is 11.7. The summed E-state index contributed by atoms with van der Waals surface area (Å²) in [5.74, 6) is -0.605. The van der Waals surface area contributed by atoms with Crippen LogP contribution in [0.2, 0.25) is 0 Å². The van der Waals surface area contributed by atoms with Gasteiger partial charge < -0.3 is 20.3 Å². The summed E-state index contributed by atoms with van der Waals surface area (Å²) in [4.78, 5) is 64.3. The minimum absolute atomic E-state index is 0.0689. The molecule has 64 heavy (non-hydrogen) atoms. The number of ether oxygens (including phenoxy) is 1. The maximum Gasteiger partial charge on any atom is 0.472 e. The molecule has 0 spiro atoms. The first-order valence-electron chi connectivity index (χ1n) is 26.3. The predicted molar refractivity (Wildman–Crippen MR) is 260 cm³/mol. The van der Waals surface area contributed by atoms with Gasteiger partial charge in [-0.15, -0.1) is 0 Å². The van der Waals surface area contributed by atoms with Crippen molar-refractivity contribution >= 4 is 31.4 Å². The Bertz CT molecular complexity index is 1150. The molecule has 0 radical (unpaired) electrons. The molecule has 2 amide bonds. The Kier molecular flexibility index (Phi) is 46.2. The standard InChI is InChI=1S/C50H98N3O10P/c1-4-6-8-10-12-14-16-18-20-22-24-26-28-30-32-35-46(54)39-40-47(63-50(57)38-33-31-29-27-25-23-21-19-17-15-13-11-9-7-5-2)45-62-64(58,59)61-44-42-53-60-43-41-52-49(56)37-34-36-48(55)51-3/h47,53H,4-45H2,1-3H3,(H,51,55)(H,52,56)(H,58,59)/t47-/m1/s1. The van der Waals surface area contributed by atoms with Crippen molar-refractivity contribution in [3.05, 3.63) is 0 Å². The van der Waals surface area contributed by atoms with Gasteiger partial charge in [0, 0.05) is 52.2 Å². The summed E-state index contributed by atoms with van der Waals surface area (Å²) >= 11 is 0. The van der Waals surface area contributed by atoms with E-state index in [1.54, 1.807) is 7.05 Å². The van der Waals surface area contributed by atoms with Crippen molar-refractivity contribution < 1.29 is 47.3 Å². The highest BCUT2D eigenvalue weighted by molar-refractivity contribution is 7.47. The number of hydroxylamine groups is 1. The lowest BCUT2D eigenvalue weighted by Gasteiger charge is -2.20. The summed E-state index contributed by atoms with van der Waals surface area (Å²) < 4.78 is 28.7. The van der Waals surface area contributed by atoms with E-state index in [9.17, 15) is 28.6 Å². The maximum atomic E-state index is 12.8. The van der Waals surface area contributed by atoms with Gasteiger partial charge in [-0.2, -0.15) is 0 Å². The van der Waals surface area contributed by atoms with Crippen molar-refractivity contribution in [1.29, 1.82) is 0 Å². The van der Waals surface area contributed by atoms with Crippen LogP contribution in [0, 0.1) is 0 Å². The lowest BCUT2D eigenvalue weighted by molar-refractivity contribution is -0.152. The van der Waals surface area contributed by atoms with E-state index in [1.807, 2.05) is 0 Å². The summed E-state index contributed by atoms with van der Waals surface area (Å²) in [5, 5.41) is 5.20. The molecule has 14 heteroatoms. The number of Topliss-reactive ketones (excluding diaryl/α,β-unsaturated/α-hetero) is 1. The highest BCUT2D eigenvalue weighted by Crippen LogP contribution is 2.43. The zero-order valence-corrected chi connectivity index (χ0v) is 42.2. The van der Waals surface area contributed by atoms with Gasteiger partial charge in [0.15, 0.2) is 0 Å². The number of esters is 1. The molecule has 0 aliphatic heterocycles. The molecule has 0 aliphatic carbocycles. The van der Waals surface area contributed by atoms with Crippen molar-refractivity contribution in [2.75, 3.05) is 40.0 Å². The molecule has 0 aliphatic rings. The first kappa shape index (κ1) is 62.1. The number of nitrogens with one attached hydrogen (secondary N) is 3. The fourth-order valence-electron chi connectivity index (χ4n) is 7.63. The maximum absolute atomic E-state index is 12.8. The van der Waals surface area contributed by atoms with E-state index in [4.69, 9.17) is 18.6 Å². The van der Waals surface area contributed by atoms with E-state index in [0.29, 0.717) is 19.3 Å². The number of carbonyl (C=O) groups is 4. The summed E-state index contributed by atoms with van der Waals surface area (Å²) in [6.45, 7) is 4.41. The fraction of sp³-hybridized carbons (Fsp3) is 0.920. The van der Waals surface area contributed by atoms with Crippen LogP contribution in [-0.2, 0) is 42.4 Å². The first-order chi connectivity index (χ1) is 31.1. The lowest BCUT2D eigenvalue weighted by atomic mass is 10.0. The van der Waals surface area contributed by atoms with Crippen LogP contribution < -0.4 is 16.1 Å². The Morgan fingerprint density at radius 2 is 0.938 bits per heavy atom. The molecule has 13 nitrogen and oxygen atoms in total. The minimum atomic E-state index is -4.49. The fourth-order valence-corrected chi connectivity index (χ4v) is 8.38. The van der Waals surface area contributed by atoms with Crippen LogP contribution in [-0.4, -0.2) is 74.5 Å². The van der Waals surface area contributed by atoms with Crippen LogP contribution in [0.4, 0.5) is 0 Å². The molecule has 0 rings (SSSR count). The van der Waals surface area contributed by atoms with E-state index in [-0.39, 0.29) is 82.6 Å². The Hall–Kier alpha value is -1.89. The molecule has 0 aromatic rings. The van der Waals surface area contributed by atoms with Crippen LogP contribution in [0.5, 0.6) is 0 Å². The minimum Gasteiger partial charge on any atom is -0.460 e. The van der Waals surface area contributed by atoms with Gasteiger partial charge in [-0.25, -0.2) is 10.0 Å². The van der Waals surface area contributed by atoms with Crippen LogP contribution in [0.15, 0.2) is 0 Å². The molecule has 378 valence electrons. The highest BCUT2D eigenvalue weighted by Gasteiger charge is 2.25. The number of carbonyl (C=O) groups excluding carboxylic acids is 4. The van der Waals surface area contributed by atoms with Gasteiger partial charge in [-0.05, 0) is 25.7 Å². The molecule has 1 unspecified atom stereocenters. The second-order valence-corrected chi connectivity index (χ2v) is 19.3. The van der Waals surface area contributed by atoms with E-state index in [1.165, 1.54) is 148 Å². The number of unbranched alkanes of at least 4 members (excludes halogenated alkanes) is 28. The Balaban J connectivity index is 4.48. The topological polar surface area (TPSA) is 179 Å². The van der Waals surface area contributed by atoms with Gasteiger partial charge in [0.05, 0.1) is 19.8 Å². The summed E-state index contributed by atoms with van der Waals surface area (Å²) in [6, 6.07) is 0. The molecule has 0 aromatic heterocycles. The third kappa shape index (κ3) is 46.6. The van der Waals surface area contributed by atoms with Crippen molar-refractivity contribution in [3.8, 4) is 0 Å². The van der Waals surface area contributed by atoms with Crippen molar-refractivity contribution in [1.82, 2.24) is 16.1 Å². The molecule has 0 heterocycles. The Labute approximate surface area is 391 Å². The van der Waals surface area contributed by atoms with Crippen LogP contribution in [0.25, 0.3) is 0 Å². The quantitative estimate of drug-likeness (QED) is 0.0197. The smallest absolute Gasteiger partial charge is 0.460 e. The number of amides is 2. The lowest BCUT2D eigenvalue weighted by Crippen LogP contribution is -2.30. The normalized spacial score (nSPS) is 12.8. The average molecular weight is 932 g/mol. The second kappa shape index (κ2) is 47.6. The summed E-state index contributed by atoms with van der Waals surface area (Å²) in [5.41, 5.74) is 2.60. The van der Waals surface area contributed by atoms with Gasteiger partial charge in [-0.3, -0.25) is 33.1 Å². The van der Waals surface area contributed by atoms with Gasteiger partial charge in [0.1, 0.15) is 11.9 Å². The van der Waals surface area contributed by atoms with E-state index >= 15 is 0 Å². The number of ketones is 1. The molecular formula is C50H98N3O10P. The highest BCUT2D eigenvalue weighted by atomic mass is 31.2. The van der Waals surface area contributed by atoms with Crippen LogP contribution in [0.1, 0.15) is 251 Å². The van der Waals surface area contributed by atoms with Crippen LogP contribution in [0.3, 0.4) is 0 Å². The molecular weight excluding hydrogens is 834 g/mol. The number of phosphoric acid groups is 1. The van der Waals surface area contributed by atoms with E-state index in [2.05, 4.69) is 30.0 Å². The molecule has 0 saturated heterocycles. The number of hydrogen-bond acceptors (Lipinski definition) is 10. The average Bonchev–Trinajstić information content (AvgIpc) is 3.28. The number of hydrogen-bond donors (Lipinski definition) is 4. The van der Waals surface area contributed by atoms with Gasteiger partial charge in [0.2, 0.25) is 11.8 Å². The molecule has 0 aromatic carbocycles. The molecule has 4 N–H and O–H groups in total. The van der Waals surface area contributed by atoms with Crippen LogP contribution >= 0.6 is 7.82 Å². The number of phosphoric ester groups is 1. The molecule has 0 saturated carbocycles. The summed E-state index contributed by atoms with van der Waals surface area (Å²) in [6.07, 6.45) is 38.7. The van der Waals surface area contributed by atoms with Gasteiger partial charge >= 0.3 is 13.8 Å². The molecule has 2 atom stereocenters. The predicted octanol–water partition coefficient (Wildman–Crippen LogP) is 12.5. The Morgan fingerprint density at radius 3 is 1.41 bits per heavy atom. The third-order valence-corrected chi connectivity index (χ3v) is 12.7. The SMILES string of the molecule is CCCCCCCCCCCCCCCCCC(=O)CC[C@H](COP(=O)(O)OCCNOCCNC(=O)CCCC(=O)NC)OC(=O)CCCCCCCCCCCCCCCCC. The van der Waals surface area contributed by atoms with Gasteiger partial charge in [-0.1, -0.05) is 194 Å². The van der Waals surface area contributed by atoms with Gasteiger partial charge in [0.25, 0.3) is 0 Å². The Morgan fingerprint density at radius 1 is 0.500 bits per heavy atom. The molecule has 0 bridgehead atoms. The van der Waals surface area contributed by atoms with Crippen molar-refractivity contribution in [2.24, 2.45) is 0 Å². The zero-order valence-electron chi connectivity index (χ0n) is 41.3. The van der Waals surface area contributed by atoms with Crippen molar-refractivity contribution in [3.63, 3.8) is 0 Å². The van der Waals surface area contributed by atoms with E-state index in [0.717, 1.165) is 38.5 Å². The molecule has 0 fully saturated rings. The van der Waals surface area contributed by atoms with E-state index < -0.39 is 19.9 Å². The van der Waals surface area contributed by atoms with Crippen molar-refractivity contribution in [2.45, 2.75) is 258 Å². The first-order valence-corrected chi connectivity index (χ1v) is 27.8. The largest absolute Gasteiger partial charge is 0.472 e. The second-order valence-electron chi connectivity index (χ2n) is 17.8. The monoisotopic (exact) mass is 932 g/mol. The summed E-state index contributed by atoms with van der Waals surface area (Å²) in [7, 11) is -2.94. The number of rotatable bonds is 51. The zero-order chi connectivity index (χ0) is 47.0.